The number of aryl methyl sites for hydroxylation is 1. The first-order valence-corrected chi connectivity index (χ1v) is 5.34. The number of nitrogens with zero attached hydrogens (tertiary/aromatic N) is 3. The van der Waals surface area contributed by atoms with Crippen molar-refractivity contribution in [2.45, 2.75) is 13.0 Å². The smallest absolute Gasteiger partial charge is 0.183 e. The highest BCUT2D eigenvalue weighted by molar-refractivity contribution is 5.67. The molecule has 0 saturated heterocycles. The molecule has 2 aromatic rings. The Bertz CT molecular complexity index is 567. The van der Waals surface area contributed by atoms with Crippen molar-refractivity contribution in [3.8, 4) is 0 Å². The molecule has 2 rings (SSSR count). The van der Waals surface area contributed by atoms with Crippen LogP contribution in [0.15, 0.2) is 18.5 Å². The van der Waals surface area contributed by atoms with Crippen LogP contribution < -0.4 is 11.1 Å². The van der Waals surface area contributed by atoms with Crippen molar-refractivity contribution in [1.29, 1.82) is 0 Å². The van der Waals surface area contributed by atoms with Crippen LogP contribution in [0.3, 0.4) is 0 Å². The number of anilines is 2. The second-order valence-electron chi connectivity index (χ2n) is 3.99. The van der Waals surface area contributed by atoms with Crippen LogP contribution in [0.25, 0.3) is 0 Å². The molecule has 5 nitrogen and oxygen atoms in total. The molecule has 7 heteroatoms. The van der Waals surface area contributed by atoms with Crippen LogP contribution >= 0.6 is 0 Å². The van der Waals surface area contributed by atoms with E-state index in [1.54, 1.807) is 18.5 Å². The number of rotatable bonds is 3. The Balaban J connectivity index is 2.30. The van der Waals surface area contributed by atoms with Gasteiger partial charge in [0.15, 0.2) is 17.5 Å². The van der Waals surface area contributed by atoms with Crippen molar-refractivity contribution in [2.24, 2.45) is 7.05 Å². The summed E-state index contributed by atoms with van der Waals surface area (Å²) in [5.74, 6) is -1.35. The van der Waals surface area contributed by atoms with Gasteiger partial charge in [0.1, 0.15) is 6.33 Å². The van der Waals surface area contributed by atoms with Crippen LogP contribution in [-0.4, -0.2) is 14.8 Å². The lowest BCUT2D eigenvalue weighted by atomic mass is 10.2. The summed E-state index contributed by atoms with van der Waals surface area (Å²) in [4.78, 5) is 0. The van der Waals surface area contributed by atoms with Crippen LogP contribution in [0.5, 0.6) is 0 Å². The zero-order valence-corrected chi connectivity index (χ0v) is 9.98. The van der Waals surface area contributed by atoms with Crippen molar-refractivity contribution in [3.05, 3.63) is 35.9 Å². The lowest BCUT2D eigenvalue weighted by Gasteiger charge is -2.16. The molecule has 0 saturated carbocycles. The number of halogens is 2. The molecule has 18 heavy (non-hydrogen) atoms. The molecule has 1 aromatic carbocycles. The first kappa shape index (κ1) is 12.3. The summed E-state index contributed by atoms with van der Waals surface area (Å²) >= 11 is 0. The Morgan fingerprint density at radius 1 is 1.39 bits per heavy atom. The summed E-state index contributed by atoms with van der Waals surface area (Å²) in [6, 6.07) is 1.95. The average molecular weight is 253 g/mol. The SMILES string of the molecule is CC(Nc1c(N)ccc(F)c1F)c1nncn1C. The largest absolute Gasteiger partial charge is 0.397 e. The van der Waals surface area contributed by atoms with E-state index in [4.69, 9.17) is 5.73 Å². The minimum atomic E-state index is -0.996. The molecule has 0 spiro atoms. The van der Waals surface area contributed by atoms with Gasteiger partial charge in [0.25, 0.3) is 0 Å². The summed E-state index contributed by atoms with van der Waals surface area (Å²) in [7, 11) is 1.76. The van der Waals surface area contributed by atoms with E-state index < -0.39 is 11.6 Å². The van der Waals surface area contributed by atoms with Gasteiger partial charge in [0.05, 0.1) is 17.4 Å². The molecule has 1 atom stereocenters. The zero-order chi connectivity index (χ0) is 13.3. The predicted octanol–water partition coefficient (Wildman–Crippen LogP) is 1.85. The molecule has 1 heterocycles. The highest BCUT2D eigenvalue weighted by Gasteiger charge is 2.17. The molecule has 1 unspecified atom stereocenters. The third-order valence-electron chi connectivity index (χ3n) is 2.62. The number of nitrogen functional groups attached to an aromatic ring is 1. The van der Waals surface area contributed by atoms with E-state index in [0.29, 0.717) is 5.82 Å². The number of benzene rings is 1. The Morgan fingerprint density at radius 2 is 2.11 bits per heavy atom. The van der Waals surface area contributed by atoms with Crippen LogP contribution in [0.1, 0.15) is 18.8 Å². The molecule has 0 radical (unpaired) electrons. The fourth-order valence-electron chi connectivity index (χ4n) is 1.68. The van der Waals surface area contributed by atoms with E-state index in [0.717, 1.165) is 6.07 Å². The van der Waals surface area contributed by atoms with Gasteiger partial charge >= 0.3 is 0 Å². The number of nitrogens with one attached hydrogen (secondary N) is 1. The van der Waals surface area contributed by atoms with Gasteiger partial charge in [-0.05, 0) is 19.1 Å². The van der Waals surface area contributed by atoms with E-state index >= 15 is 0 Å². The number of hydrogen-bond acceptors (Lipinski definition) is 4. The third-order valence-corrected chi connectivity index (χ3v) is 2.62. The first-order valence-electron chi connectivity index (χ1n) is 5.34. The van der Waals surface area contributed by atoms with Gasteiger partial charge in [-0.15, -0.1) is 10.2 Å². The maximum atomic E-state index is 13.6. The molecule has 3 N–H and O–H groups in total. The Kier molecular flexibility index (Phi) is 3.14. The summed E-state index contributed by atoms with van der Waals surface area (Å²) in [5, 5.41) is 10.4. The quantitative estimate of drug-likeness (QED) is 0.819. The molecule has 0 amide bonds. The fourth-order valence-corrected chi connectivity index (χ4v) is 1.68. The van der Waals surface area contributed by atoms with E-state index in [2.05, 4.69) is 15.5 Å². The molecular formula is C11H13F2N5. The predicted molar refractivity (Wildman–Crippen MR) is 63.8 cm³/mol. The minimum absolute atomic E-state index is 0.0644. The van der Waals surface area contributed by atoms with Crippen molar-refractivity contribution in [2.75, 3.05) is 11.1 Å². The Morgan fingerprint density at radius 3 is 2.72 bits per heavy atom. The maximum absolute atomic E-state index is 13.6. The van der Waals surface area contributed by atoms with Gasteiger partial charge in [-0.25, -0.2) is 8.78 Å². The lowest BCUT2D eigenvalue weighted by molar-refractivity contribution is 0.510. The van der Waals surface area contributed by atoms with Gasteiger partial charge in [-0.2, -0.15) is 0 Å². The molecule has 96 valence electrons. The maximum Gasteiger partial charge on any atom is 0.183 e. The standard InChI is InChI=1S/C11H13F2N5/c1-6(11-17-15-5-18(11)2)16-10-8(14)4-3-7(12)9(10)13/h3-6,16H,14H2,1-2H3. The highest BCUT2D eigenvalue weighted by atomic mass is 19.2. The van der Waals surface area contributed by atoms with Crippen LogP contribution in [-0.2, 0) is 7.05 Å². The van der Waals surface area contributed by atoms with Crippen LogP contribution in [0.4, 0.5) is 20.2 Å². The van der Waals surface area contributed by atoms with E-state index in [9.17, 15) is 8.78 Å². The van der Waals surface area contributed by atoms with Gasteiger partial charge in [-0.3, -0.25) is 0 Å². The number of aromatic nitrogens is 3. The van der Waals surface area contributed by atoms with Crippen LogP contribution in [0, 0.1) is 11.6 Å². The van der Waals surface area contributed by atoms with Crippen molar-refractivity contribution >= 4 is 11.4 Å². The summed E-state index contributed by atoms with van der Waals surface area (Å²) in [5.41, 5.74) is 5.70. The minimum Gasteiger partial charge on any atom is -0.397 e. The molecule has 0 aliphatic rings. The van der Waals surface area contributed by atoms with Gasteiger partial charge in [-0.1, -0.05) is 0 Å². The summed E-state index contributed by atoms with van der Waals surface area (Å²) in [6.45, 7) is 1.76. The van der Waals surface area contributed by atoms with E-state index in [1.165, 1.54) is 12.4 Å². The third kappa shape index (κ3) is 2.11. The number of hydrogen-bond donors (Lipinski definition) is 2. The normalized spacial score (nSPS) is 12.4. The van der Waals surface area contributed by atoms with Gasteiger partial charge < -0.3 is 15.6 Å². The Hall–Kier alpha value is -2.18. The molecule has 1 aromatic heterocycles. The zero-order valence-electron chi connectivity index (χ0n) is 9.98. The molecular weight excluding hydrogens is 240 g/mol. The van der Waals surface area contributed by atoms with Crippen LogP contribution in [0.2, 0.25) is 0 Å². The van der Waals surface area contributed by atoms with E-state index in [-0.39, 0.29) is 17.4 Å². The topological polar surface area (TPSA) is 68.8 Å². The van der Waals surface area contributed by atoms with E-state index in [1.807, 2.05) is 0 Å². The molecule has 0 fully saturated rings. The molecule has 0 aliphatic heterocycles. The fraction of sp³-hybridized carbons (Fsp3) is 0.273. The summed E-state index contributed by atoms with van der Waals surface area (Å²) < 4.78 is 28.4. The number of nitrogens with two attached hydrogens (primary N) is 1. The van der Waals surface area contributed by atoms with Gasteiger partial charge in [0.2, 0.25) is 0 Å². The van der Waals surface area contributed by atoms with Crippen molar-refractivity contribution < 1.29 is 8.78 Å². The van der Waals surface area contributed by atoms with Gasteiger partial charge in [0, 0.05) is 7.05 Å². The average Bonchev–Trinajstić information content (AvgIpc) is 2.76. The molecule has 0 bridgehead atoms. The highest BCUT2D eigenvalue weighted by Crippen LogP contribution is 2.27. The second kappa shape index (κ2) is 4.59. The Labute approximate surface area is 103 Å². The monoisotopic (exact) mass is 253 g/mol. The van der Waals surface area contributed by atoms with Crippen molar-refractivity contribution in [3.63, 3.8) is 0 Å². The first-order chi connectivity index (χ1) is 8.50. The molecule has 0 aliphatic carbocycles. The second-order valence-corrected chi connectivity index (χ2v) is 3.99. The summed E-state index contributed by atoms with van der Waals surface area (Å²) in [6.07, 6.45) is 1.53. The lowest BCUT2D eigenvalue weighted by Crippen LogP contribution is -2.14. The van der Waals surface area contributed by atoms with Crippen molar-refractivity contribution in [1.82, 2.24) is 14.8 Å².